The van der Waals surface area contributed by atoms with Gasteiger partial charge in [-0.05, 0) is 38.6 Å². The van der Waals surface area contributed by atoms with Crippen molar-refractivity contribution in [2.75, 3.05) is 17.2 Å². The summed E-state index contributed by atoms with van der Waals surface area (Å²) in [6, 6.07) is 2.00. The second-order valence-electron chi connectivity index (χ2n) is 5.48. The minimum atomic E-state index is -0.488. The molecule has 20 heavy (non-hydrogen) atoms. The van der Waals surface area contributed by atoms with Crippen LogP contribution in [0.15, 0.2) is 11.4 Å². The number of nitrogens with one attached hydrogen (secondary N) is 2. The molecule has 6 heteroatoms. The van der Waals surface area contributed by atoms with E-state index in [4.69, 9.17) is 0 Å². The second kappa shape index (κ2) is 5.93. The van der Waals surface area contributed by atoms with Crippen LogP contribution in [0.5, 0.6) is 0 Å². The van der Waals surface area contributed by atoms with Gasteiger partial charge in [0.2, 0.25) is 5.95 Å². The zero-order valence-corrected chi connectivity index (χ0v) is 13.2. The van der Waals surface area contributed by atoms with Crippen molar-refractivity contribution in [1.82, 2.24) is 9.97 Å². The van der Waals surface area contributed by atoms with Gasteiger partial charge in [-0.15, -0.1) is 11.3 Å². The van der Waals surface area contributed by atoms with Crippen LogP contribution in [0.25, 0.3) is 10.2 Å². The number of aliphatic hydroxyl groups is 1. The summed E-state index contributed by atoms with van der Waals surface area (Å²) in [5, 5.41) is 19.4. The van der Waals surface area contributed by atoms with Gasteiger partial charge in [0.15, 0.2) is 0 Å². The third-order valence-corrected chi connectivity index (χ3v) is 4.15. The smallest absolute Gasteiger partial charge is 0.226 e. The van der Waals surface area contributed by atoms with Crippen LogP contribution < -0.4 is 10.6 Å². The van der Waals surface area contributed by atoms with Crippen molar-refractivity contribution in [1.29, 1.82) is 0 Å². The lowest BCUT2D eigenvalue weighted by molar-refractivity contribution is 0.133. The van der Waals surface area contributed by atoms with E-state index in [0.29, 0.717) is 5.95 Å². The maximum Gasteiger partial charge on any atom is 0.226 e. The third kappa shape index (κ3) is 3.19. The fourth-order valence-corrected chi connectivity index (χ4v) is 2.44. The first-order valence-corrected chi connectivity index (χ1v) is 7.77. The predicted octanol–water partition coefficient (Wildman–Crippen LogP) is 3.08. The fourth-order valence-electron chi connectivity index (χ4n) is 1.68. The van der Waals surface area contributed by atoms with Gasteiger partial charge in [0.25, 0.3) is 0 Å². The van der Waals surface area contributed by atoms with Gasteiger partial charge in [-0.25, -0.2) is 4.98 Å². The number of nitrogens with zero attached hydrogens (tertiary/aromatic N) is 2. The van der Waals surface area contributed by atoms with E-state index in [1.165, 1.54) is 0 Å². The Kier molecular flexibility index (Phi) is 4.45. The molecular weight excluding hydrogens is 272 g/mol. The van der Waals surface area contributed by atoms with Crippen molar-refractivity contribution in [3.63, 3.8) is 0 Å². The highest BCUT2D eigenvalue weighted by molar-refractivity contribution is 7.16. The molecule has 0 amide bonds. The fraction of sp³-hybridized carbons (Fsp3) is 0.571. The summed E-state index contributed by atoms with van der Waals surface area (Å²) in [7, 11) is 0. The molecule has 5 nitrogen and oxygen atoms in total. The largest absolute Gasteiger partial charge is 0.391 e. The first-order valence-electron chi connectivity index (χ1n) is 6.89. The number of rotatable bonds is 6. The molecule has 0 bridgehead atoms. The van der Waals surface area contributed by atoms with Crippen molar-refractivity contribution in [3.05, 3.63) is 11.4 Å². The molecule has 2 heterocycles. The molecule has 110 valence electrons. The maximum absolute atomic E-state index is 9.86. The quantitative estimate of drug-likeness (QED) is 0.764. The molecule has 0 fully saturated rings. The van der Waals surface area contributed by atoms with Crippen molar-refractivity contribution in [2.45, 2.75) is 45.8 Å². The molecule has 0 aromatic carbocycles. The molecule has 2 rings (SSSR count). The van der Waals surface area contributed by atoms with Crippen molar-refractivity contribution in [3.8, 4) is 0 Å². The average Bonchev–Trinajstić information content (AvgIpc) is 2.84. The van der Waals surface area contributed by atoms with Gasteiger partial charge in [-0.2, -0.15) is 4.98 Å². The molecule has 0 aliphatic carbocycles. The third-order valence-electron chi connectivity index (χ3n) is 3.34. The van der Waals surface area contributed by atoms with Gasteiger partial charge >= 0.3 is 0 Å². The Morgan fingerprint density at radius 3 is 2.80 bits per heavy atom. The van der Waals surface area contributed by atoms with E-state index in [1.54, 1.807) is 18.3 Å². The molecule has 2 aromatic heterocycles. The minimum absolute atomic E-state index is 0.453. The molecule has 3 N–H and O–H groups in total. The zero-order valence-electron chi connectivity index (χ0n) is 12.4. The number of hydrogen-bond donors (Lipinski definition) is 3. The van der Waals surface area contributed by atoms with Crippen molar-refractivity contribution >= 4 is 33.3 Å². The van der Waals surface area contributed by atoms with Crippen LogP contribution in [0.2, 0.25) is 0 Å². The molecule has 0 saturated carbocycles. The summed E-state index contributed by atoms with van der Waals surface area (Å²) in [6.07, 6.45) is 0.534. The molecule has 0 spiro atoms. The Bertz CT molecular complexity index is 580. The average molecular weight is 294 g/mol. The summed E-state index contributed by atoms with van der Waals surface area (Å²) in [5.74, 6) is 1.39. The molecule has 0 aliphatic rings. The zero-order chi connectivity index (χ0) is 14.8. The number of thiophene rings is 1. The number of aromatic nitrogens is 2. The lowest BCUT2D eigenvalue weighted by atomic mass is 9.99. The Balaban J connectivity index is 2.37. The summed E-state index contributed by atoms with van der Waals surface area (Å²) < 4.78 is 0. The number of aliphatic hydroxyl groups excluding tert-OH is 1. The van der Waals surface area contributed by atoms with Gasteiger partial charge in [-0.3, -0.25) is 0 Å². The lowest BCUT2D eigenvalue weighted by Gasteiger charge is -2.30. The van der Waals surface area contributed by atoms with Gasteiger partial charge in [0, 0.05) is 6.54 Å². The van der Waals surface area contributed by atoms with Crippen molar-refractivity contribution in [2.24, 2.45) is 0 Å². The summed E-state index contributed by atoms with van der Waals surface area (Å²) in [5.41, 5.74) is -0.453. The van der Waals surface area contributed by atoms with E-state index in [0.717, 1.165) is 29.0 Å². The van der Waals surface area contributed by atoms with Crippen LogP contribution in [0.4, 0.5) is 11.8 Å². The summed E-state index contributed by atoms with van der Waals surface area (Å²) in [6.45, 7) is 8.63. The molecule has 0 radical (unpaired) electrons. The first kappa shape index (κ1) is 15.0. The molecular formula is C14H22N4OS. The van der Waals surface area contributed by atoms with E-state index in [1.807, 2.05) is 25.3 Å². The van der Waals surface area contributed by atoms with Crippen molar-refractivity contribution < 1.29 is 5.11 Å². The van der Waals surface area contributed by atoms with E-state index >= 15 is 0 Å². The molecule has 0 saturated heterocycles. The monoisotopic (exact) mass is 294 g/mol. The van der Waals surface area contributed by atoms with Gasteiger partial charge in [0.05, 0.1) is 17.0 Å². The normalized spacial score (nSPS) is 13.4. The van der Waals surface area contributed by atoms with Gasteiger partial charge in [0.1, 0.15) is 10.6 Å². The number of anilines is 2. The minimum Gasteiger partial charge on any atom is -0.391 e. The van der Waals surface area contributed by atoms with Crippen LogP contribution >= 0.6 is 11.3 Å². The SMILES string of the molecule is CCCNc1nc(NC(C)(C)C(C)O)c2ccsc2n1. The second-order valence-corrected chi connectivity index (χ2v) is 6.38. The van der Waals surface area contributed by atoms with E-state index < -0.39 is 11.6 Å². The van der Waals surface area contributed by atoms with E-state index in [2.05, 4.69) is 27.5 Å². The Morgan fingerprint density at radius 1 is 1.40 bits per heavy atom. The van der Waals surface area contributed by atoms with Crippen LogP contribution in [0.1, 0.15) is 34.1 Å². The topological polar surface area (TPSA) is 70.1 Å². The van der Waals surface area contributed by atoms with E-state index in [-0.39, 0.29) is 0 Å². The highest BCUT2D eigenvalue weighted by Crippen LogP contribution is 2.29. The van der Waals surface area contributed by atoms with Crippen LogP contribution in [-0.4, -0.2) is 33.3 Å². The molecule has 2 aromatic rings. The van der Waals surface area contributed by atoms with Crippen LogP contribution in [0.3, 0.4) is 0 Å². The lowest BCUT2D eigenvalue weighted by Crippen LogP contribution is -2.42. The Labute approximate surface area is 123 Å². The molecule has 1 unspecified atom stereocenters. The van der Waals surface area contributed by atoms with Gasteiger partial charge in [-0.1, -0.05) is 6.92 Å². The Hall–Kier alpha value is -1.40. The summed E-state index contributed by atoms with van der Waals surface area (Å²) >= 11 is 1.59. The van der Waals surface area contributed by atoms with Crippen LogP contribution in [-0.2, 0) is 0 Å². The Morgan fingerprint density at radius 2 is 2.15 bits per heavy atom. The predicted molar refractivity (Wildman–Crippen MR) is 85.6 cm³/mol. The number of hydrogen-bond acceptors (Lipinski definition) is 6. The first-order chi connectivity index (χ1) is 9.44. The maximum atomic E-state index is 9.86. The highest BCUT2D eigenvalue weighted by Gasteiger charge is 2.25. The van der Waals surface area contributed by atoms with Gasteiger partial charge < -0.3 is 15.7 Å². The number of fused-ring (bicyclic) bond motifs is 1. The molecule has 0 aliphatic heterocycles. The summed E-state index contributed by atoms with van der Waals surface area (Å²) in [4.78, 5) is 9.99. The standard InChI is InChI=1S/C14H22N4OS/c1-5-7-15-13-16-11(18-14(3,4)9(2)19)10-6-8-20-12(10)17-13/h6,8-9,19H,5,7H2,1-4H3,(H2,15,16,17,18). The van der Waals surface area contributed by atoms with E-state index in [9.17, 15) is 5.11 Å². The van der Waals surface area contributed by atoms with Crippen LogP contribution in [0, 0.1) is 0 Å². The highest BCUT2D eigenvalue weighted by atomic mass is 32.1. The molecule has 1 atom stereocenters.